The Bertz CT molecular complexity index is 411. The number of nitrogens with zero attached hydrogens (tertiary/aromatic N) is 1. The first-order chi connectivity index (χ1) is 9.83. The molecule has 1 heterocycles. The van der Waals surface area contributed by atoms with Crippen LogP contribution < -0.4 is 10.6 Å². The Balaban J connectivity index is 2.51. The summed E-state index contributed by atoms with van der Waals surface area (Å²) in [5.74, 6) is -1.10. The highest BCUT2D eigenvalue weighted by Crippen LogP contribution is 2.32. The Labute approximate surface area is 125 Å². The topological polar surface area (TPSA) is 98.7 Å². The molecule has 0 aromatic carbocycles. The number of aliphatic carboxylic acids is 1. The van der Waals surface area contributed by atoms with Crippen molar-refractivity contribution in [3.8, 4) is 0 Å². The molecule has 1 saturated heterocycles. The summed E-state index contributed by atoms with van der Waals surface area (Å²) in [6.45, 7) is 6.14. The summed E-state index contributed by atoms with van der Waals surface area (Å²) < 4.78 is 0. The Morgan fingerprint density at radius 3 is 2.52 bits per heavy atom. The molecule has 0 radical (unpaired) electrons. The van der Waals surface area contributed by atoms with E-state index in [-0.39, 0.29) is 24.9 Å². The SMILES string of the molecule is CCC1(C(=O)O)CCCN1C(=O)NCCC(=O)NC(C)C. The number of carboxylic acids is 1. The summed E-state index contributed by atoms with van der Waals surface area (Å²) in [6.07, 6.45) is 1.72. The molecule has 0 aromatic rings. The maximum atomic E-state index is 12.1. The molecule has 3 amide bonds. The molecule has 21 heavy (non-hydrogen) atoms. The lowest BCUT2D eigenvalue weighted by Crippen LogP contribution is -2.55. The minimum absolute atomic E-state index is 0.0616. The van der Waals surface area contributed by atoms with E-state index in [1.165, 1.54) is 4.90 Å². The van der Waals surface area contributed by atoms with E-state index in [2.05, 4.69) is 10.6 Å². The molecule has 1 fully saturated rings. The molecule has 1 aliphatic rings. The minimum atomic E-state index is -1.11. The quantitative estimate of drug-likeness (QED) is 0.679. The van der Waals surface area contributed by atoms with Crippen LogP contribution in [-0.4, -0.2) is 52.6 Å². The fourth-order valence-corrected chi connectivity index (χ4v) is 2.69. The molecular weight excluding hydrogens is 274 g/mol. The average molecular weight is 299 g/mol. The first-order valence-corrected chi connectivity index (χ1v) is 7.41. The van der Waals surface area contributed by atoms with Crippen LogP contribution in [0.5, 0.6) is 0 Å². The van der Waals surface area contributed by atoms with Crippen molar-refractivity contribution >= 4 is 17.9 Å². The summed E-state index contributed by atoms with van der Waals surface area (Å²) in [4.78, 5) is 36.5. The molecule has 1 aliphatic heterocycles. The smallest absolute Gasteiger partial charge is 0.329 e. The van der Waals surface area contributed by atoms with E-state index in [0.717, 1.165) is 0 Å². The number of nitrogens with one attached hydrogen (secondary N) is 2. The first-order valence-electron chi connectivity index (χ1n) is 7.41. The normalized spacial score (nSPS) is 21.4. The second kappa shape index (κ2) is 7.28. The van der Waals surface area contributed by atoms with Crippen molar-refractivity contribution in [1.82, 2.24) is 15.5 Å². The van der Waals surface area contributed by atoms with Crippen LogP contribution in [0.4, 0.5) is 4.79 Å². The third-order valence-corrected chi connectivity index (χ3v) is 3.79. The molecular formula is C14H25N3O4. The van der Waals surface area contributed by atoms with E-state index in [9.17, 15) is 19.5 Å². The molecule has 7 heteroatoms. The van der Waals surface area contributed by atoms with Gasteiger partial charge in [-0.05, 0) is 33.1 Å². The molecule has 0 aliphatic carbocycles. The van der Waals surface area contributed by atoms with Crippen LogP contribution in [0, 0.1) is 0 Å². The van der Waals surface area contributed by atoms with Crippen LogP contribution >= 0.6 is 0 Å². The molecule has 0 aromatic heterocycles. The third-order valence-electron chi connectivity index (χ3n) is 3.79. The maximum Gasteiger partial charge on any atom is 0.329 e. The van der Waals surface area contributed by atoms with Crippen molar-refractivity contribution in [2.45, 2.75) is 58.0 Å². The predicted molar refractivity (Wildman–Crippen MR) is 77.9 cm³/mol. The maximum absolute atomic E-state index is 12.1. The molecule has 0 spiro atoms. The molecule has 120 valence electrons. The Morgan fingerprint density at radius 1 is 1.33 bits per heavy atom. The zero-order valence-corrected chi connectivity index (χ0v) is 12.9. The van der Waals surface area contributed by atoms with Gasteiger partial charge in [-0.15, -0.1) is 0 Å². The Kier molecular flexibility index (Phi) is 5.99. The predicted octanol–water partition coefficient (Wildman–Crippen LogP) is 0.940. The molecule has 1 atom stereocenters. The standard InChI is InChI=1S/C14H25N3O4/c1-4-14(12(19)20)7-5-9-17(14)13(21)15-8-6-11(18)16-10(2)3/h10H,4-9H2,1-3H3,(H,15,21)(H,16,18)(H,19,20). The van der Waals surface area contributed by atoms with Crippen molar-refractivity contribution in [1.29, 1.82) is 0 Å². The average Bonchev–Trinajstić information content (AvgIpc) is 2.82. The second-order valence-corrected chi connectivity index (χ2v) is 5.65. The highest BCUT2D eigenvalue weighted by molar-refractivity contribution is 5.87. The Morgan fingerprint density at radius 2 is 2.00 bits per heavy atom. The van der Waals surface area contributed by atoms with Crippen LogP contribution in [0.25, 0.3) is 0 Å². The lowest BCUT2D eigenvalue weighted by Gasteiger charge is -2.33. The second-order valence-electron chi connectivity index (χ2n) is 5.65. The minimum Gasteiger partial charge on any atom is -0.479 e. The number of carboxylic acid groups (broad SMARTS) is 1. The van der Waals surface area contributed by atoms with Crippen LogP contribution in [-0.2, 0) is 9.59 Å². The van der Waals surface area contributed by atoms with Crippen molar-refractivity contribution in [2.24, 2.45) is 0 Å². The van der Waals surface area contributed by atoms with E-state index in [1.54, 1.807) is 6.92 Å². The van der Waals surface area contributed by atoms with Crippen molar-refractivity contribution < 1.29 is 19.5 Å². The number of hydrogen-bond donors (Lipinski definition) is 3. The van der Waals surface area contributed by atoms with Gasteiger partial charge in [-0.2, -0.15) is 0 Å². The van der Waals surface area contributed by atoms with Crippen molar-refractivity contribution in [2.75, 3.05) is 13.1 Å². The lowest BCUT2D eigenvalue weighted by atomic mass is 9.93. The molecule has 1 unspecified atom stereocenters. The van der Waals surface area contributed by atoms with Gasteiger partial charge in [0.05, 0.1) is 0 Å². The number of carbonyl (C=O) groups excluding carboxylic acids is 2. The Hall–Kier alpha value is -1.79. The highest BCUT2D eigenvalue weighted by Gasteiger charge is 2.48. The van der Waals surface area contributed by atoms with E-state index >= 15 is 0 Å². The van der Waals surface area contributed by atoms with Gasteiger partial charge in [-0.25, -0.2) is 9.59 Å². The van der Waals surface area contributed by atoms with Crippen molar-refractivity contribution in [3.63, 3.8) is 0 Å². The number of likely N-dealkylation sites (tertiary alicyclic amines) is 1. The van der Waals surface area contributed by atoms with Crippen LogP contribution in [0.1, 0.15) is 46.5 Å². The number of amides is 3. The zero-order valence-electron chi connectivity index (χ0n) is 12.9. The summed E-state index contributed by atoms with van der Waals surface area (Å²) >= 11 is 0. The third kappa shape index (κ3) is 4.09. The molecule has 1 rings (SSSR count). The highest BCUT2D eigenvalue weighted by atomic mass is 16.4. The number of urea groups is 1. The van der Waals surface area contributed by atoms with Crippen LogP contribution in [0.2, 0.25) is 0 Å². The summed E-state index contributed by atoms with van der Waals surface area (Å²) in [6, 6.07) is -0.347. The van der Waals surface area contributed by atoms with Gasteiger partial charge >= 0.3 is 12.0 Å². The fraction of sp³-hybridized carbons (Fsp3) is 0.786. The largest absolute Gasteiger partial charge is 0.479 e. The van der Waals surface area contributed by atoms with Crippen LogP contribution in [0.15, 0.2) is 0 Å². The molecule has 0 saturated carbocycles. The number of hydrogen-bond acceptors (Lipinski definition) is 3. The molecule has 7 nitrogen and oxygen atoms in total. The van der Waals surface area contributed by atoms with Gasteiger partial charge in [0.15, 0.2) is 0 Å². The number of carbonyl (C=O) groups is 3. The van der Waals surface area contributed by atoms with E-state index in [1.807, 2.05) is 13.8 Å². The van der Waals surface area contributed by atoms with Gasteiger partial charge in [0.25, 0.3) is 0 Å². The van der Waals surface area contributed by atoms with E-state index < -0.39 is 17.5 Å². The van der Waals surface area contributed by atoms with E-state index in [0.29, 0.717) is 25.8 Å². The first kappa shape index (κ1) is 17.3. The van der Waals surface area contributed by atoms with Gasteiger partial charge in [0.1, 0.15) is 5.54 Å². The van der Waals surface area contributed by atoms with Gasteiger partial charge in [-0.1, -0.05) is 6.92 Å². The van der Waals surface area contributed by atoms with Gasteiger partial charge in [-0.3, -0.25) is 4.79 Å². The lowest BCUT2D eigenvalue weighted by molar-refractivity contribution is -0.148. The van der Waals surface area contributed by atoms with Gasteiger partial charge in [0.2, 0.25) is 5.91 Å². The summed E-state index contributed by atoms with van der Waals surface area (Å²) in [5, 5.41) is 14.8. The number of rotatable bonds is 6. The summed E-state index contributed by atoms with van der Waals surface area (Å²) in [7, 11) is 0. The summed E-state index contributed by atoms with van der Waals surface area (Å²) in [5.41, 5.74) is -1.11. The van der Waals surface area contributed by atoms with E-state index in [4.69, 9.17) is 0 Å². The molecule has 0 bridgehead atoms. The molecule has 3 N–H and O–H groups in total. The van der Waals surface area contributed by atoms with Gasteiger partial charge in [0, 0.05) is 25.6 Å². The van der Waals surface area contributed by atoms with Crippen molar-refractivity contribution in [3.05, 3.63) is 0 Å². The zero-order chi connectivity index (χ0) is 16.0. The van der Waals surface area contributed by atoms with Crippen LogP contribution in [0.3, 0.4) is 0 Å². The monoisotopic (exact) mass is 299 g/mol. The van der Waals surface area contributed by atoms with Gasteiger partial charge < -0.3 is 20.6 Å². The fourth-order valence-electron chi connectivity index (χ4n) is 2.69.